The van der Waals surface area contributed by atoms with Crippen LogP contribution >= 0.6 is 0 Å². The highest BCUT2D eigenvalue weighted by atomic mass is 19.4. The molecule has 2 nitrogen and oxygen atoms in total. The fraction of sp³-hybridized carbons (Fsp3) is 0.364. The molecule has 16 heavy (non-hydrogen) atoms. The van der Waals surface area contributed by atoms with Crippen LogP contribution in [0.5, 0.6) is 0 Å². The average molecular weight is 232 g/mol. The first-order valence-electron chi connectivity index (χ1n) is 4.61. The van der Waals surface area contributed by atoms with Crippen LogP contribution in [-0.4, -0.2) is 22.7 Å². The number of carbonyl (C=O) groups is 1. The Bertz CT molecular complexity index is 369. The van der Waals surface area contributed by atoms with Crippen LogP contribution < -0.4 is 0 Å². The Balaban J connectivity index is 2.84. The summed E-state index contributed by atoms with van der Waals surface area (Å²) in [6, 6.07) is 8.06. The van der Waals surface area contributed by atoms with E-state index in [1.165, 1.54) is 0 Å². The first kappa shape index (κ1) is 12.7. The second kappa shape index (κ2) is 4.25. The molecule has 0 aliphatic heterocycles. The van der Waals surface area contributed by atoms with Gasteiger partial charge in [-0.25, -0.2) is 0 Å². The van der Waals surface area contributed by atoms with Crippen molar-refractivity contribution in [1.29, 1.82) is 0 Å². The number of hydrogen-bond acceptors (Lipinski definition) is 2. The molecule has 1 aromatic rings. The van der Waals surface area contributed by atoms with E-state index < -0.39 is 17.6 Å². The highest BCUT2D eigenvalue weighted by molar-refractivity contribution is 5.91. The number of rotatable bonds is 3. The summed E-state index contributed by atoms with van der Waals surface area (Å²) in [5.74, 6) is -2.12. The van der Waals surface area contributed by atoms with Crippen molar-refractivity contribution in [2.75, 3.05) is 0 Å². The summed E-state index contributed by atoms with van der Waals surface area (Å²) in [6.45, 7) is 0.871. The van der Waals surface area contributed by atoms with Crippen molar-refractivity contribution >= 4 is 5.78 Å². The van der Waals surface area contributed by atoms with Gasteiger partial charge in [0, 0.05) is 6.42 Å². The van der Waals surface area contributed by atoms with E-state index in [2.05, 4.69) is 0 Å². The van der Waals surface area contributed by atoms with Crippen LogP contribution in [0, 0.1) is 0 Å². The van der Waals surface area contributed by atoms with Gasteiger partial charge in [0.15, 0.2) is 0 Å². The minimum absolute atomic E-state index is 0.355. The third-order valence-electron chi connectivity index (χ3n) is 2.14. The molecular weight excluding hydrogens is 221 g/mol. The van der Waals surface area contributed by atoms with E-state index in [-0.39, 0.29) is 6.42 Å². The zero-order chi connectivity index (χ0) is 12.4. The molecule has 1 atom stereocenters. The van der Waals surface area contributed by atoms with Gasteiger partial charge in [-0.15, -0.1) is 0 Å². The fourth-order valence-electron chi connectivity index (χ4n) is 1.38. The van der Waals surface area contributed by atoms with Gasteiger partial charge in [-0.3, -0.25) is 4.79 Å². The van der Waals surface area contributed by atoms with Crippen molar-refractivity contribution in [2.45, 2.75) is 25.1 Å². The predicted octanol–water partition coefficient (Wildman–Crippen LogP) is 2.11. The van der Waals surface area contributed by atoms with Crippen LogP contribution in [0.2, 0.25) is 0 Å². The third kappa shape index (κ3) is 3.06. The first-order valence-corrected chi connectivity index (χ1v) is 4.61. The molecular formula is C11H11F3O2. The van der Waals surface area contributed by atoms with Gasteiger partial charge in [0.05, 0.1) is 0 Å². The molecule has 0 spiro atoms. The first-order chi connectivity index (χ1) is 7.23. The lowest BCUT2D eigenvalue weighted by molar-refractivity contribution is -0.188. The number of hydrogen-bond donors (Lipinski definition) is 1. The lowest BCUT2D eigenvalue weighted by Crippen LogP contribution is -2.46. The SMILES string of the molecule is C[C@](O)(Cc1ccccc1)C(=O)C(F)(F)F. The zero-order valence-electron chi connectivity index (χ0n) is 8.58. The minimum atomic E-state index is -5.02. The maximum atomic E-state index is 12.1. The molecule has 0 saturated carbocycles. The molecule has 0 aliphatic carbocycles. The molecule has 88 valence electrons. The summed E-state index contributed by atoms with van der Waals surface area (Å²) in [6.07, 6.45) is -5.37. The zero-order valence-corrected chi connectivity index (χ0v) is 8.58. The quantitative estimate of drug-likeness (QED) is 0.866. The number of carbonyl (C=O) groups excluding carboxylic acids is 1. The summed E-state index contributed by atoms with van der Waals surface area (Å²) < 4.78 is 36.4. The van der Waals surface area contributed by atoms with Crippen molar-refractivity contribution < 1.29 is 23.1 Å². The molecule has 0 fully saturated rings. The molecule has 1 N–H and O–H groups in total. The van der Waals surface area contributed by atoms with Gasteiger partial charge >= 0.3 is 6.18 Å². The molecule has 0 unspecified atom stereocenters. The highest BCUT2D eigenvalue weighted by Gasteiger charge is 2.49. The van der Waals surface area contributed by atoms with Gasteiger partial charge in [-0.1, -0.05) is 30.3 Å². The summed E-state index contributed by atoms with van der Waals surface area (Å²) in [5.41, 5.74) is -1.94. The Kier molecular flexibility index (Phi) is 3.38. The highest BCUT2D eigenvalue weighted by Crippen LogP contribution is 2.26. The van der Waals surface area contributed by atoms with Gasteiger partial charge < -0.3 is 5.11 Å². The van der Waals surface area contributed by atoms with Gasteiger partial charge in [-0.2, -0.15) is 13.2 Å². The van der Waals surface area contributed by atoms with Crippen LogP contribution in [0.25, 0.3) is 0 Å². The van der Waals surface area contributed by atoms with Crippen LogP contribution in [0.15, 0.2) is 30.3 Å². The van der Waals surface area contributed by atoms with E-state index >= 15 is 0 Å². The van der Waals surface area contributed by atoms with Crippen LogP contribution in [0.4, 0.5) is 13.2 Å². The van der Waals surface area contributed by atoms with Crippen molar-refractivity contribution in [3.05, 3.63) is 35.9 Å². The maximum Gasteiger partial charge on any atom is 0.453 e. The van der Waals surface area contributed by atoms with Crippen LogP contribution in [-0.2, 0) is 11.2 Å². The number of halogens is 3. The molecule has 1 aromatic carbocycles. The average Bonchev–Trinajstić information content (AvgIpc) is 2.16. The number of alkyl halides is 3. The standard InChI is InChI=1S/C11H11F3O2/c1-10(16,9(15)11(12,13)14)7-8-5-3-2-4-6-8/h2-6,16H,7H2,1H3/t10-/m0/s1. The molecule has 0 amide bonds. The third-order valence-corrected chi connectivity index (χ3v) is 2.14. The topological polar surface area (TPSA) is 37.3 Å². The molecule has 0 aromatic heterocycles. The Morgan fingerprint density at radius 3 is 2.19 bits per heavy atom. The van der Waals surface area contributed by atoms with Gasteiger partial charge in [-0.05, 0) is 12.5 Å². The van der Waals surface area contributed by atoms with E-state index in [0.29, 0.717) is 5.56 Å². The normalized spacial score (nSPS) is 15.6. The van der Waals surface area contributed by atoms with Crippen molar-refractivity contribution in [3.8, 4) is 0 Å². The second-order valence-corrected chi connectivity index (χ2v) is 3.76. The summed E-state index contributed by atoms with van der Waals surface area (Å²) in [4.78, 5) is 10.9. The van der Waals surface area contributed by atoms with Crippen molar-refractivity contribution in [1.82, 2.24) is 0 Å². The number of benzene rings is 1. The number of Topliss-reactive ketones (excluding diaryl/α,β-unsaturated/α-hetero) is 1. The molecule has 0 radical (unpaired) electrons. The molecule has 0 aliphatic rings. The van der Waals surface area contributed by atoms with E-state index in [1.54, 1.807) is 30.3 Å². The Labute approximate surface area is 90.7 Å². The molecule has 0 heterocycles. The van der Waals surface area contributed by atoms with Gasteiger partial charge in [0.1, 0.15) is 5.60 Å². The second-order valence-electron chi connectivity index (χ2n) is 3.76. The predicted molar refractivity (Wildman–Crippen MR) is 51.8 cm³/mol. The molecule has 0 saturated heterocycles. The van der Waals surface area contributed by atoms with E-state index in [0.717, 1.165) is 6.92 Å². The largest absolute Gasteiger partial charge is 0.453 e. The van der Waals surface area contributed by atoms with Crippen LogP contribution in [0.3, 0.4) is 0 Å². The smallest absolute Gasteiger partial charge is 0.382 e. The summed E-state index contributed by atoms with van der Waals surface area (Å²) in [5, 5.41) is 9.50. The minimum Gasteiger partial charge on any atom is -0.382 e. The van der Waals surface area contributed by atoms with Gasteiger partial charge in [0.25, 0.3) is 5.78 Å². The monoisotopic (exact) mass is 232 g/mol. The van der Waals surface area contributed by atoms with E-state index in [4.69, 9.17) is 0 Å². The number of aliphatic hydroxyl groups is 1. The lowest BCUT2D eigenvalue weighted by atomic mass is 9.92. The molecule has 1 rings (SSSR count). The number of ketones is 1. The fourth-order valence-corrected chi connectivity index (χ4v) is 1.38. The van der Waals surface area contributed by atoms with E-state index in [1.807, 2.05) is 0 Å². The van der Waals surface area contributed by atoms with Crippen LogP contribution in [0.1, 0.15) is 12.5 Å². The summed E-state index contributed by atoms with van der Waals surface area (Å²) >= 11 is 0. The molecule has 0 bridgehead atoms. The van der Waals surface area contributed by atoms with Crippen molar-refractivity contribution in [2.24, 2.45) is 0 Å². The Morgan fingerprint density at radius 1 is 1.25 bits per heavy atom. The Morgan fingerprint density at radius 2 is 1.75 bits per heavy atom. The van der Waals surface area contributed by atoms with E-state index in [9.17, 15) is 23.1 Å². The Hall–Kier alpha value is -1.36. The maximum absolute atomic E-state index is 12.1. The summed E-state index contributed by atoms with van der Waals surface area (Å²) in [7, 11) is 0. The lowest BCUT2D eigenvalue weighted by Gasteiger charge is -2.22. The molecule has 5 heteroatoms. The van der Waals surface area contributed by atoms with Gasteiger partial charge in [0.2, 0.25) is 0 Å². The van der Waals surface area contributed by atoms with Crippen molar-refractivity contribution in [3.63, 3.8) is 0 Å².